The quantitative estimate of drug-likeness (QED) is 0.276. The van der Waals surface area contributed by atoms with Crippen LogP contribution < -0.4 is 0 Å². The summed E-state index contributed by atoms with van der Waals surface area (Å²) in [6.45, 7) is 4.43. The van der Waals surface area contributed by atoms with Gasteiger partial charge in [0.2, 0.25) is 0 Å². The van der Waals surface area contributed by atoms with E-state index in [4.69, 9.17) is 0 Å². The summed E-state index contributed by atoms with van der Waals surface area (Å²) < 4.78 is 55.4. The minimum absolute atomic E-state index is 0.267. The fraction of sp³-hybridized carbons (Fsp3) is 0.478. The highest BCUT2D eigenvalue weighted by Gasteiger charge is 2.67. The number of halogens is 4. The third-order valence-corrected chi connectivity index (χ3v) is 8.32. The summed E-state index contributed by atoms with van der Waals surface area (Å²) in [6.07, 6.45) is 1.23. The summed E-state index contributed by atoms with van der Waals surface area (Å²) in [5.74, 6) is 1.35. The van der Waals surface area contributed by atoms with Crippen LogP contribution in [0.25, 0.3) is 11.4 Å². The molecule has 6 nitrogen and oxygen atoms in total. The molecule has 1 saturated heterocycles. The van der Waals surface area contributed by atoms with Gasteiger partial charge >= 0.3 is 6.18 Å². The Balaban J connectivity index is 1.17. The molecule has 0 amide bonds. The van der Waals surface area contributed by atoms with Crippen molar-refractivity contribution in [2.24, 2.45) is 18.9 Å². The van der Waals surface area contributed by atoms with Crippen LogP contribution in [0.4, 0.5) is 17.6 Å². The number of alkyl halides is 3. The van der Waals surface area contributed by atoms with Crippen molar-refractivity contribution in [1.29, 1.82) is 0 Å². The molecule has 2 aromatic heterocycles. The van der Waals surface area contributed by atoms with Gasteiger partial charge in [-0.25, -0.2) is 14.4 Å². The first-order valence-corrected chi connectivity index (χ1v) is 12.1. The van der Waals surface area contributed by atoms with Gasteiger partial charge in [-0.05, 0) is 42.5 Å². The molecule has 11 heteroatoms. The van der Waals surface area contributed by atoms with Gasteiger partial charge in [0.05, 0.1) is 11.1 Å². The van der Waals surface area contributed by atoms with Crippen LogP contribution in [0.2, 0.25) is 0 Å². The molecule has 1 aliphatic heterocycles. The van der Waals surface area contributed by atoms with E-state index in [1.807, 2.05) is 11.6 Å². The van der Waals surface area contributed by atoms with E-state index in [1.54, 1.807) is 24.2 Å². The van der Waals surface area contributed by atoms with Crippen molar-refractivity contribution < 1.29 is 17.6 Å². The van der Waals surface area contributed by atoms with Crippen LogP contribution in [0.1, 0.15) is 24.5 Å². The van der Waals surface area contributed by atoms with E-state index >= 15 is 0 Å². The minimum Gasteiger partial charge on any atom is -0.305 e. The second-order valence-electron chi connectivity index (χ2n) is 9.06. The number of rotatable bonds is 7. The average Bonchev–Trinajstić information content (AvgIpc) is 3.10. The minimum atomic E-state index is -4.54. The van der Waals surface area contributed by atoms with E-state index in [2.05, 4.69) is 32.0 Å². The normalized spacial score (nSPS) is 24.4. The molecule has 2 aliphatic rings. The zero-order chi connectivity index (χ0) is 24.1. The van der Waals surface area contributed by atoms with E-state index in [-0.39, 0.29) is 17.3 Å². The van der Waals surface area contributed by atoms with Crippen molar-refractivity contribution in [3.8, 4) is 11.4 Å². The van der Waals surface area contributed by atoms with Crippen LogP contribution in [0.15, 0.2) is 42.1 Å². The van der Waals surface area contributed by atoms with Crippen LogP contribution in [-0.2, 0) is 18.6 Å². The monoisotopic (exact) mass is 492 g/mol. The lowest BCUT2D eigenvalue weighted by Crippen LogP contribution is -2.30. The van der Waals surface area contributed by atoms with Gasteiger partial charge in [0.1, 0.15) is 12.1 Å². The summed E-state index contributed by atoms with van der Waals surface area (Å²) in [5, 5.41) is 9.30. The fourth-order valence-electron chi connectivity index (χ4n) is 5.35. The molecule has 1 saturated carbocycles. The van der Waals surface area contributed by atoms with Gasteiger partial charge in [-0.1, -0.05) is 24.8 Å². The van der Waals surface area contributed by atoms with Crippen LogP contribution in [0, 0.1) is 17.7 Å². The van der Waals surface area contributed by atoms with Crippen molar-refractivity contribution in [1.82, 2.24) is 29.6 Å². The van der Waals surface area contributed by atoms with Crippen molar-refractivity contribution in [2.75, 3.05) is 25.4 Å². The van der Waals surface area contributed by atoms with Crippen LogP contribution >= 0.6 is 11.8 Å². The maximum absolute atomic E-state index is 14.7. The third kappa shape index (κ3) is 3.98. The molecule has 0 spiro atoms. The third-order valence-electron chi connectivity index (χ3n) is 7.21. The summed E-state index contributed by atoms with van der Waals surface area (Å²) in [5.41, 5.74) is -0.0898. The highest BCUT2D eigenvalue weighted by Crippen LogP contribution is 2.64. The Morgan fingerprint density at radius 1 is 1.18 bits per heavy atom. The first kappa shape index (κ1) is 23.2. The predicted molar refractivity (Wildman–Crippen MR) is 120 cm³/mol. The summed E-state index contributed by atoms with van der Waals surface area (Å²) >= 11 is 1.62. The van der Waals surface area contributed by atoms with Crippen molar-refractivity contribution in [3.05, 3.63) is 53.9 Å². The van der Waals surface area contributed by atoms with Gasteiger partial charge in [0.25, 0.3) is 0 Å². The number of hydrogen-bond acceptors (Lipinski definition) is 6. The lowest BCUT2D eigenvalue weighted by atomic mass is 9.91. The van der Waals surface area contributed by atoms with Crippen molar-refractivity contribution in [3.63, 3.8) is 0 Å². The number of fused-ring (bicyclic) bond motifs is 1. The number of likely N-dealkylation sites (tertiary alicyclic amines) is 1. The zero-order valence-corrected chi connectivity index (χ0v) is 19.6. The molecule has 0 bridgehead atoms. The zero-order valence-electron chi connectivity index (χ0n) is 18.8. The van der Waals surface area contributed by atoms with Gasteiger partial charge in [0, 0.05) is 43.7 Å². The topological polar surface area (TPSA) is 59.7 Å². The highest BCUT2D eigenvalue weighted by atomic mass is 32.2. The molecule has 0 radical (unpaired) electrons. The molecule has 1 aromatic carbocycles. The Morgan fingerprint density at radius 3 is 2.65 bits per heavy atom. The summed E-state index contributed by atoms with van der Waals surface area (Å²) in [7, 11) is 1.91. The number of hydrogen-bond donors (Lipinski definition) is 0. The molecular weight excluding hydrogens is 468 g/mol. The lowest BCUT2D eigenvalue weighted by molar-refractivity contribution is -0.137. The molecule has 180 valence electrons. The average molecular weight is 493 g/mol. The molecule has 3 aromatic rings. The van der Waals surface area contributed by atoms with Crippen LogP contribution in [0.5, 0.6) is 0 Å². The van der Waals surface area contributed by atoms with Crippen molar-refractivity contribution in [2.45, 2.75) is 30.1 Å². The number of aromatic nitrogens is 5. The Kier molecular flexibility index (Phi) is 5.87. The molecule has 34 heavy (non-hydrogen) atoms. The second kappa shape index (κ2) is 8.60. The Hall–Kier alpha value is -2.53. The SMILES string of the molecule is C[C@H]1[C@H]2CN(CCCSc3nnc(-c4cncnc4)n3C)C[C@]21c1ccc(C(F)(F)F)cc1F. The highest BCUT2D eigenvalue weighted by molar-refractivity contribution is 7.99. The van der Waals surface area contributed by atoms with Crippen LogP contribution in [0.3, 0.4) is 0 Å². The molecule has 5 rings (SSSR count). The molecule has 1 aliphatic carbocycles. The fourth-order valence-corrected chi connectivity index (χ4v) is 6.18. The number of nitrogens with zero attached hydrogens (tertiary/aromatic N) is 6. The van der Waals surface area contributed by atoms with Crippen LogP contribution in [-0.4, -0.2) is 55.0 Å². The summed E-state index contributed by atoms with van der Waals surface area (Å²) in [6, 6.07) is 2.99. The van der Waals surface area contributed by atoms with Gasteiger partial charge in [-0.3, -0.25) is 0 Å². The van der Waals surface area contributed by atoms with Gasteiger partial charge < -0.3 is 9.47 Å². The maximum Gasteiger partial charge on any atom is 0.416 e. The summed E-state index contributed by atoms with van der Waals surface area (Å²) in [4.78, 5) is 10.3. The predicted octanol–water partition coefficient (Wildman–Crippen LogP) is 4.43. The smallest absolute Gasteiger partial charge is 0.305 e. The first-order valence-electron chi connectivity index (χ1n) is 11.1. The van der Waals surface area contributed by atoms with E-state index in [0.29, 0.717) is 24.0 Å². The standard InChI is InChI=1S/C23H24F4N6S/c1-14-18-11-33(12-22(14,18)17-5-4-16(8-19(17)24)23(25,26)27)6-3-7-34-21-31-30-20(32(21)2)15-9-28-13-29-10-15/h4-5,8-10,13-14,18H,3,6-7,11-12H2,1-2H3/t14-,18+,22-/m0/s1. The Bertz CT molecular complexity index is 1180. The first-order chi connectivity index (χ1) is 16.2. The van der Waals surface area contributed by atoms with E-state index < -0.39 is 17.6 Å². The molecule has 3 atom stereocenters. The Morgan fingerprint density at radius 2 is 1.94 bits per heavy atom. The molecule has 2 fully saturated rings. The van der Waals surface area contributed by atoms with Gasteiger partial charge in [-0.15, -0.1) is 10.2 Å². The number of thioether (sulfide) groups is 1. The van der Waals surface area contributed by atoms with E-state index in [1.165, 1.54) is 12.4 Å². The molecule has 0 unspecified atom stereocenters. The maximum atomic E-state index is 14.7. The van der Waals surface area contributed by atoms with E-state index in [0.717, 1.165) is 42.0 Å². The largest absolute Gasteiger partial charge is 0.416 e. The molecule has 3 heterocycles. The van der Waals surface area contributed by atoms with E-state index in [9.17, 15) is 17.6 Å². The van der Waals surface area contributed by atoms with Crippen molar-refractivity contribution >= 4 is 11.8 Å². The van der Waals surface area contributed by atoms with Gasteiger partial charge in [0.15, 0.2) is 11.0 Å². The number of piperidine rings is 1. The second-order valence-corrected chi connectivity index (χ2v) is 10.1. The lowest BCUT2D eigenvalue weighted by Gasteiger charge is -2.23. The molecule has 0 N–H and O–H groups in total. The Labute approximate surface area is 198 Å². The van der Waals surface area contributed by atoms with Gasteiger partial charge in [-0.2, -0.15) is 13.2 Å². The number of benzene rings is 1. The molecular formula is C23H24F4N6S.